The second-order valence-electron chi connectivity index (χ2n) is 6.07. The van der Waals surface area contributed by atoms with Crippen LogP contribution in [0.25, 0.3) is 0 Å². The number of hydrogen-bond donors (Lipinski definition) is 2. The molecule has 0 saturated heterocycles. The topological polar surface area (TPSA) is 40.5 Å². The van der Waals surface area contributed by atoms with Crippen LogP contribution in [0.1, 0.15) is 30.4 Å². The molecule has 2 N–H and O–H groups in total. The first-order valence-corrected chi connectivity index (χ1v) is 7.62. The molecule has 3 rings (SSSR count). The highest BCUT2D eigenvalue weighted by Crippen LogP contribution is 2.55. The first-order valence-electron chi connectivity index (χ1n) is 7.62. The molecule has 21 heavy (non-hydrogen) atoms. The van der Waals surface area contributed by atoms with Crippen LogP contribution in [0.4, 0.5) is 0 Å². The first-order chi connectivity index (χ1) is 10.3. The third-order valence-corrected chi connectivity index (χ3v) is 5.32. The molecule has 0 heterocycles. The van der Waals surface area contributed by atoms with Crippen LogP contribution in [-0.2, 0) is 10.8 Å². The third kappa shape index (κ3) is 2.02. The monoisotopic (exact) mass is 282 g/mol. The average Bonchev–Trinajstić information content (AvgIpc) is 2.97. The first kappa shape index (κ1) is 14.3. The van der Waals surface area contributed by atoms with E-state index in [1.54, 1.807) is 0 Å². The normalized spacial score (nSPS) is 28.7. The lowest BCUT2D eigenvalue weighted by Crippen LogP contribution is -2.50. The van der Waals surface area contributed by atoms with E-state index in [9.17, 15) is 10.2 Å². The fourth-order valence-electron chi connectivity index (χ4n) is 4.17. The summed E-state index contributed by atoms with van der Waals surface area (Å²) < 4.78 is 0. The van der Waals surface area contributed by atoms with Crippen molar-refractivity contribution in [1.82, 2.24) is 0 Å². The molecule has 0 spiro atoms. The Hall–Kier alpha value is -1.64. The standard InChI is InChI=1S/C19H22O2/c20-14-18(16-8-3-1-4-9-16)12-7-13-19(18,15-21)17-10-5-2-6-11-17/h1-6,8-11,20-21H,7,12-15H2/t18-,19+. The second-order valence-corrected chi connectivity index (χ2v) is 6.07. The van der Waals surface area contributed by atoms with Gasteiger partial charge in [0.1, 0.15) is 0 Å². The Labute approximate surface area is 126 Å². The van der Waals surface area contributed by atoms with E-state index >= 15 is 0 Å². The molecule has 0 aliphatic heterocycles. The second kappa shape index (κ2) is 5.63. The van der Waals surface area contributed by atoms with Gasteiger partial charge in [-0.05, 0) is 24.0 Å². The van der Waals surface area contributed by atoms with Crippen molar-refractivity contribution in [3.63, 3.8) is 0 Å². The molecule has 0 amide bonds. The van der Waals surface area contributed by atoms with Crippen molar-refractivity contribution in [3.05, 3.63) is 71.8 Å². The van der Waals surface area contributed by atoms with Gasteiger partial charge in [-0.3, -0.25) is 0 Å². The highest BCUT2D eigenvalue weighted by Gasteiger charge is 2.55. The van der Waals surface area contributed by atoms with Crippen LogP contribution in [0, 0.1) is 0 Å². The Bertz CT molecular complexity index is 528. The SMILES string of the molecule is OC[C@@]1(c2ccccc2)CCC[C@]1(CO)c1ccccc1. The highest BCUT2D eigenvalue weighted by atomic mass is 16.3. The van der Waals surface area contributed by atoms with Crippen LogP contribution in [0.5, 0.6) is 0 Å². The van der Waals surface area contributed by atoms with E-state index < -0.39 is 10.8 Å². The predicted octanol–water partition coefficient (Wildman–Crippen LogP) is 3.03. The minimum atomic E-state index is -0.398. The van der Waals surface area contributed by atoms with Gasteiger partial charge in [-0.1, -0.05) is 67.1 Å². The van der Waals surface area contributed by atoms with Crippen LogP contribution in [0.2, 0.25) is 0 Å². The zero-order chi connectivity index (χ0) is 14.8. The molecule has 110 valence electrons. The van der Waals surface area contributed by atoms with Crippen molar-refractivity contribution in [1.29, 1.82) is 0 Å². The minimum Gasteiger partial charge on any atom is -0.395 e. The fraction of sp³-hybridized carbons (Fsp3) is 0.368. The van der Waals surface area contributed by atoms with Gasteiger partial charge >= 0.3 is 0 Å². The van der Waals surface area contributed by atoms with E-state index in [-0.39, 0.29) is 13.2 Å². The molecule has 1 saturated carbocycles. The summed E-state index contributed by atoms with van der Waals surface area (Å²) in [4.78, 5) is 0. The largest absolute Gasteiger partial charge is 0.395 e. The molecule has 0 bridgehead atoms. The summed E-state index contributed by atoms with van der Waals surface area (Å²) in [5.74, 6) is 0. The quantitative estimate of drug-likeness (QED) is 0.905. The lowest BCUT2D eigenvalue weighted by molar-refractivity contribution is 0.0796. The van der Waals surface area contributed by atoms with Crippen molar-refractivity contribution in [2.24, 2.45) is 0 Å². The molecule has 1 aliphatic carbocycles. The lowest BCUT2D eigenvalue weighted by Gasteiger charge is -2.45. The van der Waals surface area contributed by atoms with Crippen LogP contribution in [0.15, 0.2) is 60.7 Å². The van der Waals surface area contributed by atoms with Crippen molar-refractivity contribution >= 4 is 0 Å². The summed E-state index contributed by atoms with van der Waals surface area (Å²) >= 11 is 0. The fourth-order valence-corrected chi connectivity index (χ4v) is 4.17. The van der Waals surface area contributed by atoms with Gasteiger partial charge in [0.25, 0.3) is 0 Å². The molecular weight excluding hydrogens is 260 g/mol. The Morgan fingerprint density at radius 1 is 0.667 bits per heavy atom. The van der Waals surface area contributed by atoms with Crippen molar-refractivity contribution in [2.45, 2.75) is 30.1 Å². The third-order valence-electron chi connectivity index (χ3n) is 5.32. The van der Waals surface area contributed by atoms with Gasteiger partial charge < -0.3 is 10.2 Å². The Balaban J connectivity index is 2.19. The van der Waals surface area contributed by atoms with Crippen molar-refractivity contribution < 1.29 is 10.2 Å². The highest BCUT2D eigenvalue weighted by molar-refractivity contribution is 5.41. The van der Waals surface area contributed by atoms with Crippen molar-refractivity contribution in [3.8, 4) is 0 Å². The molecule has 2 heteroatoms. The number of aliphatic hydroxyl groups is 2. The Morgan fingerprint density at radius 2 is 1.05 bits per heavy atom. The van der Waals surface area contributed by atoms with E-state index in [1.165, 1.54) is 0 Å². The Kier molecular flexibility index (Phi) is 3.83. The van der Waals surface area contributed by atoms with E-state index in [1.807, 2.05) is 36.4 Å². The van der Waals surface area contributed by atoms with E-state index in [0.717, 1.165) is 30.4 Å². The summed E-state index contributed by atoms with van der Waals surface area (Å²) in [5, 5.41) is 20.6. The van der Waals surface area contributed by atoms with Crippen LogP contribution in [0.3, 0.4) is 0 Å². The van der Waals surface area contributed by atoms with E-state index in [2.05, 4.69) is 24.3 Å². The smallest absolute Gasteiger partial charge is 0.0537 e. The number of benzene rings is 2. The zero-order valence-electron chi connectivity index (χ0n) is 12.2. The minimum absolute atomic E-state index is 0.0620. The molecule has 0 unspecified atom stereocenters. The van der Waals surface area contributed by atoms with Gasteiger partial charge in [0, 0.05) is 10.8 Å². The molecule has 2 atom stereocenters. The summed E-state index contributed by atoms with van der Waals surface area (Å²) in [6.07, 6.45) is 2.83. The van der Waals surface area contributed by atoms with E-state index in [4.69, 9.17) is 0 Å². The van der Waals surface area contributed by atoms with Gasteiger partial charge in [-0.25, -0.2) is 0 Å². The molecule has 1 aliphatic rings. The average molecular weight is 282 g/mol. The lowest BCUT2D eigenvalue weighted by atomic mass is 9.59. The van der Waals surface area contributed by atoms with Gasteiger partial charge in [0.05, 0.1) is 13.2 Å². The molecule has 2 aromatic rings. The summed E-state index contributed by atoms with van der Waals surface area (Å²) in [7, 11) is 0. The number of hydrogen-bond acceptors (Lipinski definition) is 2. The van der Waals surface area contributed by atoms with Gasteiger partial charge in [-0.2, -0.15) is 0 Å². The maximum absolute atomic E-state index is 10.3. The van der Waals surface area contributed by atoms with Gasteiger partial charge in [0.15, 0.2) is 0 Å². The maximum Gasteiger partial charge on any atom is 0.0537 e. The zero-order valence-corrected chi connectivity index (χ0v) is 12.2. The van der Waals surface area contributed by atoms with E-state index in [0.29, 0.717) is 0 Å². The van der Waals surface area contributed by atoms with Crippen molar-refractivity contribution in [2.75, 3.05) is 13.2 Å². The molecule has 0 aromatic heterocycles. The van der Waals surface area contributed by atoms with Crippen LogP contribution in [-0.4, -0.2) is 23.4 Å². The molecule has 2 nitrogen and oxygen atoms in total. The maximum atomic E-state index is 10.3. The molecule has 1 fully saturated rings. The Morgan fingerprint density at radius 3 is 1.38 bits per heavy atom. The predicted molar refractivity (Wildman–Crippen MR) is 84.3 cm³/mol. The van der Waals surface area contributed by atoms with Crippen LogP contribution >= 0.6 is 0 Å². The molecule has 2 aromatic carbocycles. The van der Waals surface area contributed by atoms with Gasteiger partial charge in [-0.15, -0.1) is 0 Å². The summed E-state index contributed by atoms with van der Waals surface area (Å²) in [6, 6.07) is 20.3. The number of rotatable bonds is 4. The van der Waals surface area contributed by atoms with Crippen LogP contribution < -0.4 is 0 Å². The summed E-state index contributed by atoms with van der Waals surface area (Å²) in [5.41, 5.74) is 1.46. The molecular formula is C19H22O2. The summed E-state index contributed by atoms with van der Waals surface area (Å²) in [6.45, 7) is 0.124. The van der Waals surface area contributed by atoms with Gasteiger partial charge in [0.2, 0.25) is 0 Å². The number of aliphatic hydroxyl groups excluding tert-OH is 2. The molecule has 0 radical (unpaired) electrons.